The highest BCUT2D eigenvalue weighted by atomic mass is 32.2. The maximum absolute atomic E-state index is 10.7. The van der Waals surface area contributed by atoms with E-state index in [2.05, 4.69) is 16.9 Å². The van der Waals surface area contributed by atoms with Gasteiger partial charge < -0.3 is 5.11 Å². The summed E-state index contributed by atoms with van der Waals surface area (Å²) in [5.74, 6) is -0.0186. The molecule has 2 aromatic heterocycles. The van der Waals surface area contributed by atoms with E-state index in [1.54, 1.807) is 11.3 Å². The Labute approximate surface area is 113 Å². The molecule has 4 nitrogen and oxygen atoms in total. The highest BCUT2D eigenvalue weighted by molar-refractivity contribution is 8.00. The van der Waals surface area contributed by atoms with Crippen molar-refractivity contribution in [2.45, 2.75) is 32.2 Å². The van der Waals surface area contributed by atoms with Crippen LogP contribution < -0.4 is 0 Å². The highest BCUT2D eigenvalue weighted by Gasteiger charge is 2.15. The molecule has 18 heavy (non-hydrogen) atoms. The molecule has 0 aliphatic carbocycles. The number of carboxylic acid groups (broad SMARTS) is 1. The maximum atomic E-state index is 10.7. The van der Waals surface area contributed by atoms with Crippen molar-refractivity contribution in [2.24, 2.45) is 0 Å². The number of aliphatic carboxylic acids is 1. The molecule has 0 radical (unpaired) electrons. The largest absolute Gasteiger partial charge is 0.481 e. The van der Waals surface area contributed by atoms with Gasteiger partial charge in [-0.05, 0) is 19.4 Å². The molecule has 0 aliphatic heterocycles. The Morgan fingerprint density at radius 1 is 1.39 bits per heavy atom. The second kappa shape index (κ2) is 5.24. The summed E-state index contributed by atoms with van der Waals surface area (Å²) in [7, 11) is 0. The normalized spacial score (nSPS) is 11.1. The topological polar surface area (TPSA) is 63.1 Å². The zero-order valence-electron chi connectivity index (χ0n) is 10.5. The summed E-state index contributed by atoms with van der Waals surface area (Å²) in [6.45, 7) is 6.09. The van der Waals surface area contributed by atoms with Gasteiger partial charge in [0.2, 0.25) is 0 Å². The van der Waals surface area contributed by atoms with Crippen LogP contribution in [0.3, 0.4) is 0 Å². The van der Waals surface area contributed by atoms with Crippen LogP contribution in [0.5, 0.6) is 0 Å². The first-order valence-electron chi connectivity index (χ1n) is 5.64. The molecule has 0 aliphatic rings. The molecule has 0 unspecified atom stereocenters. The zero-order valence-corrected chi connectivity index (χ0v) is 12.1. The van der Waals surface area contributed by atoms with Crippen molar-refractivity contribution in [3.63, 3.8) is 0 Å². The van der Waals surface area contributed by atoms with Gasteiger partial charge in [-0.2, -0.15) is 0 Å². The van der Waals surface area contributed by atoms with Crippen LogP contribution in [0.2, 0.25) is 0 Å². The quantitative estimate of drug-likeness (QED) is 0.690. The first-order valence-corrected chi connectivity index (χ1v) is 7.44. The number of thioether (sulfide) groups is 1. The van der Waals surface area contributed by atoms with Gasteiger partial charge in [0, 0.05) is 16.7 Å². The second-order valence-corrected chi connectivity index (χ2v) is 6.11. The summed E-state index contributed by atoms with van der Waals surface area (Å²) in [6, 6.07) is 0. The summed E-state index contributed by atoms with van der Waals surface area (Å²) in [5.41, 5.74) is 1.16. The molecule has 0 aromatic carbocycles. The molecule has 0 saturated heterocycles. The highest BCUT2D eigenvalue weighted by Crippen LogP contribution is 2.35. The molecule has 1 N–H and O–H groups in total. The number of carbonyl (C=O) groups is 1. The fourth-order valence-corrected chi connectivity index (χ4v) is 3.58. The van der Waals surface area contributed by atoms with Gasteiger partial charge in [0.15, 0.2) is 0 Å². The van der Waals surface area contributed by atoms with Gasteiger partial charge in [-0.3, -0.25) is 4.79 Å². The van der Waals surface area contributed by atoms with Gasteiger partial charge in [0.05, 0.1) is 5.75 Å². The third-order valence-electron chi connectivity index (χ3n) is 2.69. The first kappa shape index (κ1) is 13.3. The summed E-state index contributed by atoms with van der Waals surface area (Å²) >= 11 is 2.92. The van der Waals surface area contributed by atoms with Gasteiger partial charge in [0.1, 0.15) is 15.7 Å². The van der Waals surface area contributed by atoms with Crippen LogP contribution in [0.15, 0.2) is 5.03 Å². The number of nitrogens with zero attached hydrogens (tertiary/aromatic N) is 2. The lowest BCUT2D eigenvalue weighted by molar-refractivity contribution is -0.133. The van der Waals surface area contributed by atoms with E-state index in [4.69, 9.17) is 5.11 Å². The average Bonchev–Trinajstić information content (AvgIpc) is 2.62. The Morgan fingerprint density at radius 3 is 2.72 bits per heavy atom. The van der Waals surface area contributed by atoms with Gasteiger partial charge >= 0.3 is 5.97 Å². The Morgan fingerprint density at radius 2 is 2.11 bits per heavy atom. The number of aryl methyl sites for hydroxylation is 3. The Kier molecular flexibility index (Phi) is 3.87. The lowest BCUT2D eigenvalue weighted by Gasteiger charge is -2.04. The number of rotatable bonds is 4. The first-order chi connectivity index (χ1) is 8.52. The van der Waals surface area contributed by atoms with Crippen molar-refractivity contribution in [3.8, 4) is 0 Å². The smallest absolute Gasteiger partial charge is 0.313 e. The molecular formula is C12H14N2O2S2. The molecule has 2 rings (SSSR count). The van der Waals surface area contributed by atoms with Crippen LogP contribution in [-0.4, -0.2) is 26.8 Å². The van der Waals surface area contributed by atoms with E-state index in [1.807, 2.05) is 13.8 Å². The third kappa shape index (κ3) is 2.49. The molecule has 0 atom stereocenters. The van der Waals surface area contributed by atoms with Crippen molar-refractivity contribution in [1.82, 2.24) is 9.97 Å². The summed E-state index contributed by atoms with van der Waals surface area (Å²) in [4.78, 5) is 21.8. The van der Waals surface area contributed by atoms with E-state index >= 15 is 0 Å². The Balaban J connectivity index is 2.56. The molecule has 0 saturated carbocycles. The molecule has 0 spiro atoms. The van der Waals surface area contributed by atoms with Crippen molar-refractivity contribution < 1.29 is 9.90 Å². The van der Waals surface area contributed by atoms with Crippen LogP contribution in [0.4, 0.5) is 0 Å². The minimum atomic E-state index is -0.825. The molecule has 0 fully saturated rings. The van der Waals surface area contributed by atoms with E-state index in [0.717, 1.165) is 33.1 Å². The van der Waals surface area contributed by atoms with E-state index < -0.39 is 5.97 Å². The van der Waals surface area contributed by atoms with E-state index in [-0.39, 0.29) is 5.75 Å². The molecule has 96 valence electrons. The lowest BCUT2D eigenvalue weighted by atomic mass is 10.2. The summed E-state index contributed by atoms with van der Waals surface area (Å²) < 4.78 is 0. The lowest BCUT2D eigenvalue weighted by Crippen LogP contribution is -2.00. The number of aromatic nitrogens is 2. The number of hydrogen-bond acceptors (Lipinski definition) is 5. The van der Waals surface area contributed by atoms with Gasteiger partial charge in [-0.15, -0.1) is 11.3 Å². The second-order valence-electron chi connectivity index (χ2n) is 3.94. The Bertz CT molecular complexity index is 608. The van der Waals surface area contributed by atoms with Crippen LogP contribution in [0.25, 0.3) is 10.2 Å². The predicted molar refractivity (Wildman–Crippen MR) is 74.6 cm³/mol. The van der Waals surface area contributed by atoms with Crippen LogP contribution in [0.1, 0.15) is 23.2 Å². The van der Waals surface area contributed by atoms with Crippen LogP contribution >= 0.6 is 23.1 Å². The monoisotopic (exact) mass is 282 g/mol. The summed E-state index contributed by atoms with van der Waals surface area (Å²) in [6.07, 6.45) is 0.757. The van der Waals surface area contributed by atoms with Gasteiger partial charge in [-0.25, -0.2) is 9.97 Å². The predicted octanol–water partition coefficient (Wildman–Crippen LogP) is 3.05. The van der Waals surface area contributed by atoms with E-state index in [0.29, 0.717) is 0 Å². The maximum Gasteiger partial charge on any atom is 0.313 e. The van der Waals surface area contributed by atoms with Gasteiger partial charge in [-0.1, -0.05) is 18.7 Å². The van der Waals surface area contributed by atoms with Crippen molar-refractivity contribution in [3.05, 3.63) is 16.3 Å². The van der Waals surface area contributed by atoms with Crippen LogP contribution in [0, 0.1) is 13.8 Å². The van der Waals surface area contributed by atoms with E-state index in [1.165, 1.54) is 16.6 Å². The fourth-order valence-electron chi connectivity index (χ4n) is 1.65. The number of thiophene rings is 1. The van der Waals surface area contributed by atoms with Crippen LogP contribution in [-0.2, 0) is 11.2 Å². The van der Waals surface area contributed by atoms with E-state index in [9.17, 15) is 4.79 Å². The number of hydrogen-bond donors (Lipinski definition) is 1. The molecule has 0 bridgehead atoms. The number of fused-ring (bicyclic) bond motifs is 1. The van der Waals surface area contributed by atoms with Gasteiger partial charge in [0.25, 0.3) is 0 Å². The van der Waals surface area contributed by atoms with Crippen molar-refractivity contribution in [1.29, 1.82) is 0 Å². The molecule has 2 aromatic rings. The molecule has 0 amide bonds. The molecular weight excluding hydrogens is 268 g/mol. The standard InChI is InChI=1S/C12H14N2O2S2/c1-4-8-13-11(17-5-9(15)16)10-6(2)7(3)18-12(10)14-8/h4-5H2,1-3H3,(H,15,16). The Hall–Kier alpha value is -1.14. The van der Waals surface area contributed by atoms with Crippen molar-refractivity contribution in [2.75, 3.05) is 5.75 Å². The minimum Gasteiger partial charge on any atom is -0.481 e. The molecule has 2 heterocycles. The third-order valence-corrected chi connectivity index (χ3v) is 4.75. The molecule has 6 heteroatoms. The summed E-state index contributed by atoms with van der Waals surface area (Å²) in [5, 5.41) is 10.6. The van der Waals surface area contributed by atoms with Crippen molar-refractivity contribution >= 4 is 39.3 Å². The number of carboxylic acids is 1. The minimum absolute atomic E-state index is 0.0314. The SMILES string of the molecule is CCc1nc(SCC(=O)O)c2c(C)c(C)sc2n1. The fraction of sp³-hybridized carbons (Fsp3) is 0.417. The zero-order chi connectivity index (χ0) is 13.3. The average molecular weight is 282 g/mol.